The molecule has 230 valence electrons. The van der Waals surface area contributed by atoms with Crippen LogP contribution in [-0.2, 0) is 0 Å². The van der Waals surface area contributed by atoms with Crippen molar-refractivity contribution in [3.8, 4) is 0 Å². The van der Waals surface area contributed by atoms with Gasteiger partial charge in [-0.2, -0.15) is 10.2 Å². The molecule has 0 aliphatic heterocycles. The normalized spacial score (nSPS) is 11.8. The highest BCUT2D eigenvalue weighted by molar-refractivity contribution is 7.95. The molecule has 6 nitrogen and oxygen atoms in total. The van der Waals surface area contributed by atoms with Crippen molar-refractivity contribution in [1.82, 2.24) is 21.5 Å². The zero-order valence-corrected chi connectivity index (χ0v) is 27.6. The lowest BCUT2D eigenvalue weighted by atomic mass is 10.00. The van der Waals surface area contributed by atoms with Crippen molar-refractivity contribution in [1.29, 1.82) is 0 Å². The summed E-state index contributed by atoms with van der Waals surface area (Å²) in [6, 6.07) is 47.3. The van der Waals surface area contributed by atoms with Crippen LogP contribution in [0, 0.1) is 5.82 Å². The first-order valence-corrected chi connectivity index (χ1v) is 17.3. The lowest BCUT2D eigenvalue weighted by molar-refractivity contribution is 0.628. The number of hydrazone groups is 2. The average molecular weight is 664 g/mol. The fourth-order valence-corrected chi connectivity index (χ4v) is 9.13. The highest BCUT2D eigenvalue weighted by atomic mass is 32.1. The van der Waals surface area contributed by atoms with Gasteiger partial charge in [0.2, 0.25) is 0 Å². The van der Waals surface area contributed by atoms with E-state index in [-0.39, 0.29) is 5.82 Å². The number of nitrogens with zero attached hydrogens (tertiary/aromatic N) is 2. The predicted octanol–water partition coefficient (Wildman–Crippen LogP) is 5.44. The maximum absolute atomic E-state index is 13.9. The molecule has 0 atom stereocenters. The Balaban J connectivity index is 1.51. The molecule has 0 saturated carbocycles. The molecule has 0 spiro atoms. The van der Waals surface area contributed by atoms with Gasteiger partial charge in [-0.25, -0.2) is 4.39 Å². The second kappa shape index (κ2) is 16.0. The largest absolute Gasteiger partial charge is 0.364 e. The molecule has 5 aromatic rings. The summed E-state index contributed by atoms with van der Waals surface area (Å²) < 4.78 is 13.9. The molecule has 5 rings (SSSR count). The second-order valence-electron chi connectivity index (χ2n) is 10.1. The number of halogens is 1. The minimum Gasteiger partial charge on any atom is -0.364 e. The molecule has 0 heterocycles. The molecule has 0 bridgehead atoms. The Morgan fingerprint density at radius 3 is 1.39 bits per heavy atom. The van der Waals surface area contributed by atoms with Gasteiger partial charge in [0.05, 0.1) is 0 Å². The third-order valence-electron chi connectivity index (χ3n) is 7.22. The third kappa shape index (κ3) is 7.87. The molecule has 0 aliphatic rings. The summed E-state index contributed by atoms with van der Waals surface area (Å²) in [6.45, 7) is 0. The molecule has 10 heteroatoms. The van der Waals surface area contributed by atoms with Crippen LogP contribution in [-0.4, -0.2) is 35.0 Å². The van der Waals surface area contributed by atoms with Crippen LogP contribution in [0.3, 0.4) is 0 Å². The summed E-state index contributed by atoms with van der Waals surface area (Å²) in [5.74, 6) is -0.356. The summed E-state index contributed by atoms with van der Waals surface area (Å²) >= 11 is 11.1. The van der Waals surface area contributed by atoms with E-state index >= 15 is 0 Å². The van der Waals surface area contributed by atoms with Gasteiger partial charge in [0.25, 0.3) is 0 Å². The average Bonchev–Trinajstić information content (AvgIpc) is 3.12. The van der Waals surface area contributed by atoms with Gasteiger partial charge in [-0.1, -0.05) is 84.9 Å². The van der Waals surface area contributed by atoms with E-state index in [1.807, 2.05) is 48.5 Å². The predicted molar refractivity (Wildman–Crippen MR) is 200 cm³/mol. The zero-order chi connectivity index (χ0) is 32.2. The number of rotatable bonds is 10. The molecule has 0 radical (unpaired) electrons. The standard InChI is InChI=1S/C36H32FN6PS2/c1-38-35(45)42-40-34(28-22-24-29(37)25-23-28)33(27-14-6-2-7-15-27)41-43-36(46)39-26-44(30-16-8-3-9-17-30,31-18-10-4-11-19-31)32-20-12-5-13-21-32/h2-25H,26H2,1H3,(H3-,38,39,40,41,42,43,45,46)/p+1. The van der Waals surface area contributed by atoms with Crippen LogP contribution in [0.1, 0.15) is 11.1 Å². The Hall–Kier alpha value is -4.82. The fraction of sp³-hybridized carbons (Fsp3) is 0.0556. The van der Waals surface area contributed by atoms with E-state index in [4.69, 9.17) is 29.5 Å². The van der Waals surface area contributed by atoms with Gasteiger partial charge in [0, 0.05) is 18.2 Å². The first-order chi connectivity index (χ1) is 22.5. The van der Waals surface area contributed by atoms with Gasteiger partial charge < -0.3 is 10.6 Å². The van der Waals surface area contributed by atoms with Crippen molar-refractivity contribution in [2.24, 2.45) is 10.2 Å². The number of benzene rings is 5. The van der Waals surface area contributed by atoms with Crippen LogP contribution >= 0.6 is 31.7 Å². The Morgan fingerprint density at radius 2 is 0.957 bits per heavy atom. The van der Waals surface area contributed by atoms with Gasteiger partial charge in [-0.3, -0.25) is 10.9 Å². The molecular weight excluding hydrogens is 631 g/mol. The minimum absolute atomic E-state index is 0.320. The van der Waals surface area contributed by atoms with Crippen molar-refractivity contribution in [2.45, 2.75) is 0 Å². The Kier molecular flexibility index (Phi) is 11.3. The van der Waals surface area contributed by atoms with Gasteiger partial charge in [0.15, 0.2) is 10.2 Å². The molecule has 0 fully saturated rings. The van der Waals surface area contributed by atoms with E-state index in [2.05, 4.69) is 99.4 Å². The molecule has 0 aromatic heterocycles. The molecular formula is C36H33FN6PS2+. The molecule has 0 saturated heterocycles. The monoisotopic (exact) mass is 663 g/mol. The molecule has 5 aromatic carbocycles. The summed E-state index contributed by atoms with van der Waals surface area (Å²) in [5.41, 5.74) is 8.25. The quantitative estimate of drug-likeness (QED) is 0.0691. The Bertz CT molecular complexity index is 1710. The molecule has 4 N–H and O–H groups in total. The summed E-state index contributed by atoms with van der Waals surface area (Å²) in [4.78, 5) is 0. The smallest absolute Gasteiger partial charge is 0.189 e. The minimum atomic E-state index is -2.19. The summed E-state index contributed by atoms with van der Waals surface area (Å²) in [7, 11) is -0.489. The Labute approximate surface area is 280 Å². The van der Waals surface area contributed by atoms with Crippen LogP contribution < -0.4 is 37.4 Å². The van der Waals surface area contributed by atoms with Crippen LogP contribution in [0.2, 0.25) is 0 Å². The van der Waals surface area contributed by atoms with E-state index < -0.39 is 7.26 Å². The summed E-state index contributed by atoms with van der Waals surface area (Å²) in [6.07, 6.45) is 0.559. The van der Waals surface area contributed by atoms with E-state index in [0.29, 0.717) is 33.5 Å². The fourth-order valence-electron chi connectivity index (χ4n) is 4.98. The second-order valence-corrected chi connectivity index (χ2v) is 14.4. The van der Waals surface area contributed by atoms with Gasteiger partial charge in [-0.05, 0) is 85.1 Å². The highest BCUT2D eigenvalue weighted by Gasteiger charge is 2.45. The topological polar surface area (TPSA) is 72.8 Å². The van der Waals surface area contributed by atoms with Crippen molar-refractivity contribution >= 4 is 69.3 Å². The summed E-state index contributed by atoms with van der Waals surface area (Å²) in [5, 5.41) is 20.0. The van der Waals surface area contributed by atoms with Crippen LogP contribution in [0.15, 0.2) is 156 Å². The van der Waals surface area contributed by atoms with Crippen molar-refractivity contribution in [3.63, 3.8) is 0 Å². The van der Waals surface area contributed by atoms with Gasteiger partial charge >= 0.3 is 0 Å². The number of nitrogens with one attached hydrogen (secondary N) is 4. The van der Waals surface area contributed by atoms with E-state index in [9.17, 15) is 4.39 Å². The maximum Gasteiger partial charge on any atom is 0.189 e. The van der Waals surface area contributed by atoms with E-state index in [1.165, 1.54) is 28.0 Å². The molecule has 0 amide bonds. The van der Waals surface area contributed by atoms with Crippen LogP contribution in [0.5, 0.6) is 0 Å². The van der Waals surface area contributed by atoms with E-state index in [1.54, 1.807) is 19.2 Å². The van der Waals surface area contributed by atoms with E-state index in [0.717, 1.165) is 5.56 Å². The Morgan fingerprint density at radius 1 is 0.565 bits per heavy atom. The van der Waals surface area contributed by atoms with Gasteiger partial charge in [-0.15, -0.1) is 0 Å². The number of thiocarbonyl (C=S) groups is 2. The first-order valence-electron chi connectivity index (χ1n) is 14.5. The number of hydrogen-bond donors (Lipinski definition) is 4. The van der Waals surface area contributed by atoms with Crippen LogP contribution in [0.4, 0.5) is 4.39 Å². The first kappa shape index (κ1) is 32.6. The third-order valence-corrected chi connectivity index (χ3v) is 11.9. The number of hydrogen-bond acceptors (Lipinski definition) is 4. The van der Waals surface area contributed by atoms with Crippen molar-refractivity contribution < 1.29 is 4.39 Å². The lowest BCUT2D eigenvalue weighted by Gasteiger charge is -2.28. The van der Waals surface area contributed by atoms with Crippen molar-refractivity contribution in [2.75, 3.05) is 13.3 Å². The maximum atomic E-state index is 13.9. The van der Waals surface area contributed by atoms with Crippen molar-refractivity contribution in [3.05, 3.63) is 163 Å². The van der Waals surface area contributed by atoms with Crippen LogP contribution in [0.25, 0.3) is 0 Å². The lowest BCUT2D eigenvalue weighted by Crippen LogP contribution is -2.42. The molecule has 0 aliphatic carbocycles. The SMILES string of the molecule is CNC(=S)NN=C(C(=NNC(=S)NC[P+](c1ccccc1)(c1ccccc1)c1ccccc1)c1ccccc1)c1ccc(F)cc1. The molecule has 0 unspecified atom stereocenters. The van der Waals surface area contributed by atoms with Gasteiger partial charge in [0.1, 0.15) is 46.7 Å². The molecule has 46 heavy (non-hydrogen) atoms. The highest BCUT2D eigenvalue weighted by Crippen LogP contribution is 2.54. The zero-order valence-electron chi connectivity index (χ0n) is 25.1.